The van der Waals surface area contributed by atoms with Crippen molar-refractivity contribution < 1.29 is 13.9 Å². The maximum atomic E-state index is 13.0. The lowest BCUT2D eigenvalue weighted by atomic mass is 10.1. The number of piperidine rings is 1. The van der Waals surface area contributed by atoms with Gasteiger partial charge in [-0.05, 0) is 63.1 Å². The highest BCUT2D eigenvalue weighted by Gasteiger charge is 2.20. The summed E-state index contributed by atoms with van der Waals surface area (Å²) < 4.78 is 21.1. The number of fused-ring (bicyclic) bond motifs is 1. The summed E-state index contributed by atoms with van der Waals surface area (Å²) in [5, 5.41) is 1.60. The summed E-state index contributed by atoms with van der Waals surface area (Å²) in [6.45, 7) is 5.37. The lowest BCUT2D eigenvalue weighted by Crippen LogP contribution is -2.38. The van der Waals surface area contributed by atoms with Gasteiger partial charge in [-0.15, -0.1) is 0 Å². The maximum absolute atomic E-state index is 13.0. The lowest BCUT2D eigenvalue weighted by Gasteiger charge is -2.32. The molecule has 0 atom stereocenters. The van der Waals surface area contributed by atoms with Gasteiger partial charge in [-0.1, -0.05) is 23.7 Å². The van der Waals surface area contributed by atoms with E-state index in [-0.39, 0.29) is 17.7 Å². The van der Waals surface area contributed by atoms with Crippen LogP contribution in [0.3, 0.4) is 0 Å². The number of likely N-dealkylation sites (tertiary alicyclic amines) is 1. The molecule has 0 unspecified atom stereocenters. The number of carbonyl (C=O) groups is 1. The van der Waals surface area contributed by atoms with E-state index in [0.29, 0.717) is 5.02 Å². The predicted octanol–water partition coefficient (Wildman–Crippen LogP) is 5.57. The number of Topliss-reactive ketones (excluding diaryl/α,β-unsaturated/α-hetero) is 1. The fourth-order valence-corrected chi connectivity index (χ4v) is 4.48. The number of ketones is 1. The molecule has 158 valence electrons. The Hall–Kier alpha value is -2.37. The van der Waals surface area contributed by atoms with Crippen molar-refractivity contribution in [2.45, 2.75) is 38.8 Å². The van der Waals surface area contributed by atoms with Crippen molar-refractivity contribution in [2.24, 2.45) is 0 Å². The van der Waals surface area contributed by atoms with E-state index in [9.17, 15) is 9.18 Å². The first-order chi connectivity index (χ1) is 14.5. The van der Waals surface area contributed by atoms with Crippen LogP contribution in [0.1, 0.15) is 36.5 Å². The molecule has 30 heavy (non-hydrogen) atoms. The van der Waals surface area contributed by atoms with Gasteiger partial charge in [0.2, 0.25) is 0 Å². The van der Waals surface area contributed by atoms with Crippen molar-refractivity contribution in [3.8, 4) is 5.75 Å². The highest BCUT2D eigenvalue weighted by molar-refractivity contribution is 6.35. The van der Waals surface area contributed by atoms with Gasteiger partial charge in [0.25, 0.3) is 0 Å². The van der Waals surface area contributed by atoms with Crippen LogP contribution in [0.5, 0.6) is 5.75 Å². The number of nitrogens with zero attached hydrogens (tertiary/aromatic N) is 2. The van der Waals surface area contributed by atoms with Gasteiger partial charge in [-0.3, -0.25) is 4.79 Å². The molecule has 4 nitrogen and oxygen atoms in total. The molecule has 0 saturated carbocycles. The smallest absolute Gasteiger partial charge is 0.161 e. The number of halogens is 2. The largest absolute Gasteiger partial charge is 0.490 e. The minimum atomic E-state index is -0.246. The molecule has 1 aliphatic rings. The number of hydrogen-bond acceptors (Lipinski definition) is 3. The van der Waals surface area contributed by atoms with Gasteiger partial charge in [0, 0.05) is 36.8 Å². The van der Waals surface area contributed by atoms with E-state index < -0.39 is 0 Å². The van der Waals surface area contributed by atoms with Crippen molar-refractivity contribution in [3.63, 3.8) is 0 Å². The van der Waals surface area contributed by atoms with Gasteiger partial charge >= 0.3 is 0 Å². The molecule has 2 heterocycles. The van der Waals surface area contributed by atoms with Gasteiger partial charge < -0.3 is 14.2 Å². The molecular formula is C24H26ClFN2O2. The van der Waals surface area contributed by atoms with Crippen LogP contribution < -0.4 is 4.74 Å². The molecule has 0 bridgehead atoms. The third-order valence-corrected chi connectivity index (χ3v) is 6.06. The van der Waals surface area contributed by atoms with Crippen LogP contribution in [-0.2, 0) is 6.54 Å². The Labute approximate surface area is 181 Å². The highest BCUT2D eigenvalue weighted by atomic mass is 35.5. The predicted molar refractivity (Wildman–Crippen MR) is 118 cm³/mol. The van der Waals surface area contributed by atoms with Crippen LogP contribution in [0, 0.1) is 5.82 Å². The number of rotatable bonds is 7. The zero-order valence-electron chi connectivity index (χ0n) is 17.1. The molecule has 0 spiro atoms. The SMILES string of the molecule is CC(=O)c1cn(CCCN2CCC(Oc3ccc(F)cc3)CC2)c2c(Cl)cccc12. The monoisotopic (exact) mass is 428 g/mol. The third kappa shape index (κ3) is 4.68. The topological polar surface area (TPSA) is 34.5 Å². The molecule has 1 aromatic heterocycles. The quantitative estimate of drug-likeness (QED) is 0.461. The maximum Gasteiger partial charge on any atom is 0.161 e. The summed E-state index contributed by atoms with van der Waals surface area (Å²) in [7, 11) is 0. The van der Waals surface area contributed by atoms with Crippen molar-refractivity contribution in [1.29, 1.82) is 0 Å². The van der Waals surface area contributed by atoms with Gasteiger partial charge in [0.05, 0.1) is 10.5 Å². The summed E-state index contributed by atoms with van der Waals surface area (Å²) in [5.41, 5.74) is 1.67. The Morgan fingerprint density at radius 1 is 1.13 bits per heavy atom. The number of carbonyl (C=O) groups excluding carboxylic acids is 1. The normalized spacial score (nSPS) is 15.6. The molecule has 0 radical (unpaired) electrons. The Bertz CT molecular complexity index is 1020. The fourth-order valence-electron chi connectivity index (χ4n) is 4.19. The first-order valence-electron chi connectivity index (χ1n) is 10.4. The Kier molecular flexibility index (Phi) is 6.40. The lowest BCUT2D eigenvalue weighted by molar-refractivity contribution is 0.0992. The van der Waals surface area contributed by atoms with Gasteiger partial charge in [0.1, 0.15) is 17.7 Å². The first kappa shape index (κ1) is 20.9. The zero-order valence-corrected chi connectivity index (χ0v) is 17.9. The highest BCUT2D eigenvalue weighted by Crippen LogP contribution is 2.29. The zero-order chi connectivity index (χ0) is 21.1. The summed E-state index contributed by atoms with van der Waals surface area (Å²) in [6.07, 6.45) is 5.02. The number of hydrogen-bond donors (Lipinski definition) is 0. The van der Waals surface area contributed by atoms with Gasteiger partial charge in [0.15, 0.2) is 5.78 Å². The molecule has 1 aliphatic heterocycles. The molecule has 0 amide bonds. The van der Waals surface area contributed by atoms with Crippen LogP contribution in [0.25, 0.3) is 10.9 Å². The molecule has 3 aromatic rings. The third-order valence-electron chi connectivity index (χ3n) is 5.75. The second kappa shape index (κ2) is 9.19. The van der Waals surface area contributed by atoms with E-state index in [2.05, 4.69) is 9.47 Å². The van der Waals surface area contributed by atoms with Crippen molar-refractivity contribution >= 4 is 28.3 Å². The Balaban J connectivity index is 1.29. The second-order valence-corrected chi connectivity index (χ2v) is 8.30. The molecule has 1 fully saturated rings. The van der Waals surface area contributed by atoms with Gasteiger partial charge in [-0.2, -0.15) is 0 Å². The minimum absolute atomic E-state index is 0.0595. The minimum Gasteiger partial charge on any atom is -0.490 e. The van der Waals surface area contributed by atoms with E-state index in [1.54, 1.807) is 19.1 Å². The molecule has 4 rings (SSSR count). The van der Waals surface area contributed by atoms with Gasteiger partial charge in [-0.25, -0.2) is 4.39 Å². The summed E-state index contributed by atoms with van der Waals surface area (Å²) in [5.74, 6) is 0.543. The van der Waals surface area contributed by atoms with E-state index >= 15 is 0 Å². The van der Waals surface area contributed by atoms with Crippen LogP contribution in [-0.4, -0.2) is 41.0 Å². The number of para-hydroxylation sites is 1. The van der Waals surface area contributed by atoms with E-state index in [1.165, 1.54) is 12.1 Å². The fraction of sp³-hybridized carbons (Fsp3) is 0.375. The van der Waals surface area contributed by atoms with Crippen LogP contribution in [0.4, 0.5) is 4.39 Å². The van der Waals surface area contributed by atoms with Crippen LogP contribution in [0.15, 0.2) is 48.7 Å². The standard InChI is InChI=1S/C24H26ClFN2O2/c1-17(29)22-16-28(24-21(22)4-2-5-23(24)25)13-3-12-27-14-10-20(11-15-27)30-19-8-6-18(26)7-9-19/h2,4-9,16,20H,3,10-15H2,1H3. The Morgan fingerprint density at radius 2 is 1.87 bits per heavy atom. The average Bonchev–Trinajstić information content (AvgIpc) is 3.11. The van der Waals surface area contributed by atoms with E-state index in [1.807, 2.05) is 24.4 Å². The van der Waals surface area contributed by atoms with E-state index in [0.717, 1.165) is 67.7 Å². The molecule has 1 saturated heterocycles. The molecule has 0 N–H and O–H groups in total. The molecular weight excluding hydrogens is 403 g/mol. The molecule has 2 aromatic carbocycles. The molecule has 0 aliphatic carbocycles. The summed E-state index contributed by atoms with van der Waals surface area (Å²) in [4.78, 5) is 14.4. The van der Waals surface area contributed by atoms with Crippen molar-refractivity contribution in [3.05, 3.63) is 65.1 Å². The van der Waals surface area contributed by atoms with Crippen LogP contribution >= 0.6 is 11.6 Å². The van der Waals surface area contributed by atoms with Crippen LogP contribution in [0.2, 0.25) is 5.02 Å². The molecule has 6 heteroatoms. The first-order valence-corrected chi connectivity index (χ1v) is 10.8. The number of benzene rings is 2. The number of aromatic nitrogens is 1. The van der Waals surface area contributed by atoms with Crippen molar-refractivity contribution in [1.82, 2.24) is 9.47 Å². The second-order valence-electron chi connectivity index (χ2n) is 7.89. The average molecular weight is 429 g/mol. The Morgan fingerprint density at radius 3 is 2.57 bits per heavy atom. The van der Waals surface area contributed by atoms with E-state index in [4.69, 9.17) is 16.3 Å². The number of aryl methyl sites for hydroxylation is 1. The number of ether oxygens (including phenoxy) is 1. The summed E-state index contributed by atoms with van der Waals surface area (Å²) in [6, 6.07) is 11.9. The summed E-state index contributed by atoms with van der Waals surface area (Å²) >= 11 is 6.42. The van der Waals surface area contributed by atoms with Crippen molar-refractivity contribution in [2.75, 3.05) is 19.6 Å².